The zero-order chi connectivity index (χ0) is 14.5. The first-order valence-electron chi connectivity index (χ1n) is 6.46. The van der Waals surface area contributed by atoms with Gasteiger partial charge in [-0.1, -0.05) is 12.8 Å². The van der Waals surface area contributed by atoms with Crippen LogP contribution < -0.4 is 4.90 Å². The summed E-state index contributed by atoms with van der Waals surface area (Å²) in [5.74, 6) is -2.32. The summed E-state index contributed by atoms with van der Waals surface area (Å²) in [6.45, 7) is 0. The van der Waals surface area contributed by atoms with Crippen molar-refractivity contribution in [2.45, 2.75) is 32.1 Å². The van der Waals surface area contributed by atoms with E-state index in [1.807, 2.05) is 0 Å². The van der Waals surface area contributed by atoms with Gasteiger partial charge in [-0.25, -0.2) is 13.7 Å². The van der Waals surface area contributed by atoms with Gasteiger partial charge in [0.05, 0.1) is 15.6 Å². The highest BCUT2D eigenvalue weighted by molar-refractivity contribution is 9.10. The fourth-order valence-corrected chi connectivity index (χ4v) is 3.48. The van der Waals surface area contributed by atoms with Crippen LogP contribution in [0.1, 0.15) is 32.1 Å². The van der Waals surface area contributed by atoms with Crippen LogP contribution in [0.2, 0.25) is 0 Å². The van der Waals surface area contributed by atoms with Crippen LogP contribution in [0.3, 0.4) is 0 Å². The molecule has 0 atom stereocenters. The Morgan fingerprint density at radius 2 is 1.75 bits per heavy atom. The van der Waals surface area contributed by atoms with Gasteiger partial charge in [0.25, 0.3) is 0 Å². The summed E-state index contributed by atoms with van der Waals surface area (Å²) in [6, 6.07) is 1.83. The predicted octanol–water partition coefficient (Wildman–Crippen LogP) is 3.55. The molecule has 1 saturated heterocycles. The second-order valence-electron chi connectivity index (χ2n) is 5.42. The van der Waals surface area contributed by atoms with E-state index >= 15 is 0 Å². The van der Waals surface area contributed by atoms with E-state index in [0.717, 1.165) is 29.9 Å². The molecule has 1 aromatic carbocycles. The number of hydrogen-bond donors (Lipinski definition) is 0. The molecular weight excluding hydrogens is 332 g/mol. The van der Waals surface area contributed by atoms with Crippen LogP contribution in [0.4, 0.5) is 14.5 Å². The van der Waals surface area contributed by atoms with Crippen molar-refractivity contribution in [1.29, 1.82) is 0 Å². The average Bonchev–Trinajstić information content (AvgIpc) is 2.93. The lowest BCUT2D eigenvalue weighted by Gasteiger charge is -2.21. The number of carbonyl (C=O) groups is 2. The van der Waals surface area contributed by atoms with Gasteiger partial charge in [0, 0.05) is 12.5 Å². The zero-order valence-corrected chi connectivity index (χ0v) is 12.2. The number of benzene rings is 1. The lowest BCUT2D eigenvalue weighted by molar-refractivity contribution is -0.125. The lowest BCUT2D eigenvalue weighted by Crippen LogP contribution is -2.35. The van der Waals surface area contributed by atoms with Crippen LogP contribution in [0.15, 0.2) is 16.6 Å². The Hall–Kier alpha value is -1.30. The van der Waals surface area contributed by atoms with Crippen molar-refractivity contribution in [1.82, 2.24) is 0 Å². The Morgan fingerprint density at radius 1 is 1.10 bits per heavy atom. The minimum absolute atomic E-state index is 0.0339. The summed E-state index contributed by atoms with van der Waals surface area (Å²) in [5, 5.41) is 0. The van der Waals surface area contributed by atoms with Crippen LogP contribution in [0.5, 0.6) is 0 Å². The molecular formula is C14H12BrF2NO2. The summed E-state index contributed by atoms with van der Waals surface area (Å²) in [6.07, 6.45) is 3.18. The van der Waals surface area contributed by atoms with E-state index in [9.17, 15) is 18.4 Å². The minimum atomic E-state index is -0.782. The van der Waals surface area contributed by atoms with Gasteiger partial charge in [0.2, 0.25) is 11.8 Å². The largest absolute Gasteiger partial charge is 0.274 e. The molecule has 0 radical (unpaired) electrons. The SMILES string of the molecule is O=C1CC2(CCCC2)C(=O)N1c1cc(F)c(Br)cc1F. The Morgan fingerprint density at radius 3 is 2.40 bits per heavy atom. The first-order chi connectivity index (χ1) is 9.44. The third-order valence-corrected chi connectivity index (χ3v) is 4.79. The molecule has 3 rings (SSSR count). The van der Waals surface area contributed by atoms with E-state index in [0.29, 0.717) is 12.8 Å². The predicted molar refractivity (Wildman–Crippen MR) is 72.1 cm³/mol. The molecule has 1 saturated carbocycles. The molecule has 1 aromatic rings. The summed E-state index contributed by atoms with van der Waals surface area (Å²) in [5.41, 5.74) is -0.975. The fourth-order valence-electron chi connectivity index (χ4n) is 3.16. The van der Waals surface area contributed by atoms with Crippen LogP contribution >= 0.6 is 15.9 Å². The second kappa shape index (κ2) is 4.62. The fraction of sp³-hybridized carbons (Fsp3) is 0.429. The number of hydrogen-bond acceptors (Lipinski definition) is 2. The molecule has 0 N–H and O–H groups in total. The third-order valence-electron chi connectivity index (χ3n) is 4.19. The van der Waals surface area contributed by atoms with Gasteiger partial charge in [-0.15, -0.1) is 0 Å². The maximum absolute atomic E-state index is 14.0. The molecule has 3 nitrogen and oxygen atoms in total. The van der Waals surface area contributed by atoms with Crippen LogP contribution in [-0.2, 0) is 9.59 Å². The van der Waals surface area contributed by atoms with E-state index in [-0.39, 0.29) is 22.5 Å². The van der Waals surface area contributed by atoms with Crippen molar-refractivity contribution in [2.24, 2.45) is 5.41 Å². The quantitative estimate of drug-likeness (QED) is 0.577. The van der Waals surface area contributed by atoms with E-state index in [1.165, 1.54) is 0 Å². The van der Waals surface area contributed by atoms with Crippen molar-refractivity contribution in [3.63, 3.8) is 0 Å². The first-order valence-corrected chi connectivity index (χ1v) is 7.26. The highest BCUT2D eigenvalue weighted by atomic mass is 79.9. The molecule has 106 valence electrons. The molecule has 1 heterocycles. The zero-order valence-electron chi connectivity index (χ0n) is 10.6. The average molecular weight is 344 g/mol. The molecule has 0 aromatic heterocycles. The maximum Gasteiger partial charge on any atom is 0.240 e. The summed E-state index contributed by atoms with van der Waals surface area (Å²) < 4.78 is 27.5. The van der Waals surface area contributed by atoms with Crippen LogP contribution in [0.25, 0.3) is 0 Å². The van der Waals surface area contributed by atoms with Crippen molar-refractivity contribution < 1.29 is 18.4 Å². The molecule has 20 heavy (non-hydrogen) atoms. The first kappa shape index (κ1) is 13.7. The number of carbonyl (C=O) groups excluding carboxylic acids is 2. The Balaban J connectivity index is 2.04. The Bertz CT molecular complexity index is 611. The number of nitrogens with zero attached hydrogens (tertiary/aromatic N) is 1. The van der Waals surface area contributed by atoms with Gasteiger partial charge >= 0.3 is 0 Å². The van der Waals surface area contributed by atoms with E-state index in [1.54, 1.807) is 0 Å². The number of anilines is 1. The number of imide groups is 1. The lowest BCUT2D eigenvalue weighted by atomic mass is 9.84. The number of rotatable bonds is 1. The molecule has 1 aliphatic carbocycles. The van der Waals surface area contributed by atoms with Crippen molar-refractivity contribution in [2.75, 3.05) is 4.90 Å². The number of amides is 2. The molecule has 0 bridgehead atoms. The van der Waals surface area contributed by atoms with Gasteiger partial charge in [-0.05, 0) is 34.8 Å². The standard InChI is InChI=1S/C14H12BrF2NO2/c15-8-5-10(17)11(6-9(8)16)18-12(19)7-14(13(18)20)3-1-2-4-14/h5-6H,1-4,7H2. The smallest absolute Gasteiger partial charge is 0.240 e. The van der Waals surface area contributed by atoms with Gasteiger partial charge in [-0.2, -0.15) is 0 Å². The van der Waals surface area contributed by atoms with Gasteiger partial charge in [0.15, 0.2) is 0 Å². The van der Waals surface area contributed by atoms with Gasteiger partial charge in [0.1, 0.15) is 11.6 Å². The number of halogens is 3. The topological polar surface area (TPSA) is 37.4 Å². The van der Waals surface area contributed by atoms with Crippen molar-refractivity contribution in [3.8, 4) is 0 Å². The van der Waals surface area contributed by atoms with Crippen molar-refractivity contribution in [3.05, 3.63) is 28.2 Å². The summed E-state index contributed by atoms with van der Waals surface area (Å²) in [4.78, 5) is 25.4. The van der Waals surface area contributed by atoms with Crippen LogP contribution in [-0.4, -0.2) is 11.8 Å². The van der Waals surface area contributed by atoms with Gasteiger partial charge < -0.3 is 0 Å². The molecule has 1 aliphatic heterocycles. The monoisotopic (exact) mass is 343 g/mol. The highest BCUT2D eigenvalue weighted by Gasteiger charge is 2.53. The molecule has 6 heteroatoms. The van der Waals surface area contributed by atoms with Crippen LogP contribution in [0, 0.1) is 17.0 Å². The molecule has 0 unspecified atom stereocenters. The second-order valence-corrected chi connectivity index (χ2v) is 6.27. The van der Waals surface area contributed by atoms with E-state index in [4.69, 9.17) is 0 Å². The normalized spacial score (nSPS) is 21.2. The molecule has 2 aliphatic rings. The molecule has 1 spiro atoms. The highest BCUT2D eigenvalue weighted by Crippen LogP contribution is 2.48. The molecule has 2 amide bonds. The van der Waals surface area contributed by atoms with E-state index < -0.39 is 23.0 Å². The van der Waals surface area contributed by atoms with E-state index in [2.05, 4.69) is 15.9 Å². The maximum atomic E-state index is 14.0. The van der Waals surface area contributed by atoms with Crippen molar-refractivity contribution >= 4 is 33.4 Å². The van der Waals surface area contributed by atoms with Gasteiger partial charge in [-0.3, -0.25) is 9.59 Å². The third kappa shape index (κ3) is 1.89. The Kier molecular flexibility index (Phi) is 3.16. The molecule has 2 fully saturated rings. The summed E-state index contributed by atoms with van der Waals surface area (Å²) >= 11 is 2.88. The minimum Gasteiger partial charge on any atom is -0.274 e. The Labute approximate surface area is 123 Å². The summed E-state index contributed by atoms with van der Waals surface area (Å²) in [7, 11) is 0.